The summed E-state index contributed by atoms with van der Waals surface area (Å²) in [5, 5.41) is 18.9. The minimum absolute atomic E-state index is 0.00595. The molecule has 7 heteroatoms. The average Bonchev–Trinajstić information content (AvgIpc) is 2.71. The van der Waals surface area contributed by atoms with Crippen molar-refractivity contribution in [1.29, 1.82) is 0 Å². The van der Waals surface area contributed by atoms with Gasteiger partial charge in [-0.25, -0.2) is 4.39 Å². The molecule has 6 nitrogen and oxygen atoms in total. The van der Waals surface area contributed by atoms with Gasteiger partial charge in [-0.05, 0) is 30.9 Å². The topological polar surface area (TPSA) is 87.1 Å². The number of hydrogen-bond donors (Lipinski definition) is 2. The number of unbranched alkanes of at least 4 members (excludes halogenated alkanes) is 1. The van der Waals surface area contributed by atoms with Crippen LogP contribution in [0.3, 0.4) is 0 Å². The van der Waals surface area contributed by atoms with Crippen molar-refractivity contribution < 1.29 is 28.9 Å². The number of likely N-dealkylation sites (tertiary alicyclic amines) is 1. The highest BCUT2D eigenvalue weighted by Gasteiger charge is 2.25. The highest BCUT2D eigenvalue weighted by Crippen LogP contribution is 2.20. The van der Waals surface area contributed by atoms with Crippen molar-refractivity contribution in [3.05, 3.63) is 41.7 Å². The van der Waals surface area contributed by atoms with Crippen LogP contribution in [0.15, 0.2) is 30.4 Å². The maximum Gasteiger partial charge on any atom is 0.303 e. The average molecular weight is 417 g/mol. The van der Waals surface area contributed by atoms with Gasteiger partial charge in [-0.1, -0.05) is 24.1 Å². The number of rotatable bonds is 9. The third-order valence-corrected chi connectivity index (χ3v) is 4.92. The van der Waals surface area contributed by atoms with Crippen LogP contribution in [0.25, 0.3) is 0 Å². The summed E-state index contributed by atoms with van der Waals surface area (Å²) in [6.45, 7) is 0.268. The molecule has 1 aromatic carbocycles. The first-order valence-corrected chi connectivity index (χ1v) is 10.1. The number of carbonyl (C=O) groups is 2. The summed E-state index contributed by atoms with van der Waals surface area (Å²) in [4.78, 5) is 24.4. The highest BCUT2D eigenvalue weighted by atomic mass is 19.1. The van der Waals surface area contributed by atoms with Gasteiger partial charge in [0.2, 0.25) is 5.91 Å². The van der Waals surface area contributed by atoms with Crippen LogP contribution in [0, 0.1) is 17.7 Å². The van der Waals surface area contributed by atoms with Gasteiger partial charge in [0.1, 0.15) is 11.6 Å². The predicted octanol–water partition coefficient (Wildman–Crippen LogP) is 2.93. The predicted molar refractivity (Wildman–Crippen MR) is 110 cm³/mol. The first kappa shape index (κ1) is 23.4. The lowest BCUT2D eigenvalue weighted by Gasteiger charge is -2.32. The molecule has 0 spiro atoms. The van der Waals surface area contributed by atoms with E-state index < -0.39 is 17.9 Å². The molecule has 2 rings (SSSR count). The Labute approximate surface area is 176 Å². The van der Waals surface area contributed by atoms with E-state index in [9.17, 15) is 19.1 Å². The number of ether oxygens (including phenoxy) is 1. The zero-order valence-electron chi connectivity index (χ0n) is 17.1. The van der Waals surface area contributed by atoms with Crippen LogP contribution in [0.1, 0.15) is 44.1 Å². The van der Waals surface area contributed by atoms with E-state index >= 15 is 0 Å². The van der Waals surface area contributed by atoms with Crippen LogP contribution >= 0.6 is 0 Å². The quantitative estimate of drug-likeness (QED) is 0.367. The molecule has 0 aliphatic carbocycles. The molecule has 2 atom stereocenters. The van der Waals surface area contributed by atoms with Crippen LogP contribution in [0.2, 0.25) is 0 Å². The van der Waals surface area contributed by atoms with Crippen molar-refractivity contribution >= 4 is 11.9 Å². The van der Waals surface area contributed by atoms with Crippen LogP contribution in [-0.2, 0) is 16.0 Å². The summed E-state index contributed by atoms with van der Waals surface area (Å²) >= 11 is 0. The van der Waals surface area contributed by atoms with E-state index in [1.165, 1.54) is 13.2 Å². The van der Waals surface area contributed by atoms with Crippen molar-refractivity contribution in [2.24, 2.45) is 0 Å². The van der Waals surface area contributed by atoms with Gasteiger partial charge in [-0.3, -0.25) is 9.59 Å². The normalized spacial score (nSPS) is 17.5. The summed E-state index contributed by atoms with van der Waals surface area (Å²) in [7, 11) is 1.46. The molecule has 1 aromatic rings. The Morgan fingerprint density at radius 1 is 1.43 bits per heavy atom. The molecule has 0 bridgehead atoms. The molecule has 2 N–H and O–H groups in total. The molecule has 0 aromatic heterocycles. The van der Waals surface area contributed by atoms with Gasteiger partial charge >= 0.3 is 5.97 Å². The van der Waals surface area contributed by atoms with E-state index in [0.29, 0.717) is 30.6 Å². The lowest BCUT2D eigenvalue weighted by molar-refractivity contribution is -0.137. The zero-order valence-corrected chi connectivity index (χ0v) is 17.1. The third-order valence-electron chi connectivity index (χ3n) is 4.92. The Morgan fingerprint density at radius 3 is 2.93 bits per heavy atom. The number of halogens is 1. The van der Waals surface area contributed by atoms with Crippen molar-refractivity contribution in [3.8, 4) is 17.6 Å². The van der Waals surface area contributed by atoms with Gasteiger partial charge < -0.3 is 19.8 Å². The molecule has 1 saturated heterocycles. The van der Waals surface area contributed by atoms with Gasteiger partial charge in [0.25, 0.3) is 0 Å². The number of aliphatic carboxylic acids is 1. The van der Waals surface area contributed by atoms with E-state index in [2.05, 4.69) is 11.8 Å². The molecule has 162 valence electrons. The Kier molecular flexibility index (Phi) is 9.36. The number of amides is 1. The number of carbonyl (C=O) groups excluding carboxylic acids is 1. The smallest absolute Gasteiger partial charge is 0.303 e. The van der Waals surface area contributed by atoms with Crippen LogP contribution in [-0.4, -0.2) is 52.8 Å². The van der Waals surface area contributed by atoms with Crippen molar-refractivity contribution in [2.75, 3.05) is 13.7 Å². The number of piperidine rings is 1. The number of aliphatic hydroxyl groups is 1. The molecule has 0 saturated carbocycles. The molecule has 1 unspecified atom stereocenters. The molecule has 1 heterocycles. The maximum atomic E-state index is 14.1. The molecular formula is C23H28FNO5. The minimum atomic E-state index is -0.881. The summed E-state index contributed by atoms with van der Waals surface area (Å²) in [5.74, 6) is 4.99. The molecule has 30 heavy (non-hydrogen) atoms. The summed E-state index contributed by atoms with van der Waals surface area (Å²) in [5.41, 5.74) is 0.386. The van der Waals surface area contributed by atoms with E-state index in [-0.39, 0.29) is 31.3 Å². The minimum Gasteiger partial charge on any atom is -0.497 e. The number of benzene rings is 1. The van der Waals surface area contributed by atoms with Crippen molar-refractivity contribution in [2.45, 2.75) is 57.1 Å². The van der Waals surface area contributed by atoms with Crippen LogP contribution in [0.4, 0.5) is 4.39 Å². The monoisotopic (exact) mass is 417 g/mol. The van der Waals surface area contributed by atoms with E-state index in [1.54, 1.807) is 29.2 Å². The lowest BCUT2D eigenvalue weighted by Crippen LogP contribution is -2.42. The second-order valence-corrected chi connectivity index (χ2v) is 7.20. The van der Waals surface area contributed by atoms with Gasteiger partial charge in [0, 0.05) is 31.7 Å². The number of hydrogen-bond acceptors (Lipinski definition) is 4. The Balaban J connectivity index is 1.93. The SMILES string of the molecule is COc1ccc(CC(O)/C=C/[C@H]2CCCC(=O)N2CC#CCCCC(=O)O)c(F)c1. The van der Waals surface area contributed by atoms with Crippen LogP contribution < -0.4 is 4.74 Å². The first-order chi connectivity index (χ1) is 14.4. The maximum absolute atomic E-state index is 14.1. The van der Waals surface area contributed by atoms with Crippen molar-refractivity contribution in [3.63, 3.8) is 0 Å². The van der Waals surface area contributed by atoms with Gasteiger partial charge in [-0.2, -0.15) is 0 Å². The second-order valence-electron chi connectivity index (χ2n) is 7.20. The van der Waals surface area contributed by atoms with Crippen LogP contribution in [0.5, 0.6) is 5.75 Å². The third kappa shape index (κ3) is 7.53. The molecule has 1 aliphatic rings. The number of carboxylic acid groups (broad SMARTS) is 1. The van der Waals surface area contributed by atoms with E-state index in [0.717, 1.165) is 12.8 Å². The summed E-state index contributed by atoms with van der Waals surface area (Å²) in [6.07, 6.45) is 5.65. The van der Waals surface area contributed by atoms with E-state index in [4.69, 9.17) is 9.84 Å². The Morgan fingerprint density at radius 2 is 2.23 bits per heavy atom. The standard InChI is InChI=1S/C23H28FNO5/c1-30-20-13-10-17(21(24)16-20)15-19(26)12-11-18-7-6-8-22(27)25(18)14-5-3-2-4-9-23(28)29/h10-13,16,18-19,26H,2,4,6-9,14-15H2,1H3,(H,28,29)/b12-11+/t18-,19?/m1/s1. The second kappa shape index (κ2) is 12.0. The molecule has 1 amide bonds. The number of nitrogens with zero attached hydrogens (tertiary/aromatic N) is 1. The fraction of sp³-hybridized carbons (Fsp3) is 0.478. The first-order valence-electron chi connectivity index (χ1n) is 10.1. The number of methoxy groups -OCH3 is 1. The highest BCUT2D eigenvalue weighted by molar-refractivity contribution is 5.78. The molecule has 1 aliphatic heterocycles. The van der Waals surface area contributed by atoms with Crippen molar-refractivity contribution in [1.82, 2.24) is 4.90 Å². The van der Waals surface area contributed by atoms with Gasteiger partial charge in [-0.15, -0.1) is 5.92 Å². The molecular weight excluding hydrogens is 389 g/mol. The summed E-state index contributed by atoms with van der Waals surface area (Å²) < 4.78 is 19.0. The largest absolute Gasteiger partial charge is 0.497 e. The zero-order chi connectivity index (χ0) is 21.9. The van der Waals surface area contributed by atoms with Gasteiger partial charge in [0.05, 0.1) is 25.8 Å². The molecule has 0 radical (unpaired) electrons. The number of aliphatic hydroxyl groups excluding tert-OH is 1. The Bertz CT molecular complexity index is 827. The molecule has 1 fully saturated rings. The summed E-state index contributed by atoms with van der Waals surface area (Å²) in [6, 6.07) is 4.34. The Hall–Kier alpha value is -2.85. The fourth-order valence-electron chi connectivity index (χ4n) is 3.28. The lowest BCUT2D eigenvalue weighted by atomic mass is 9.99. The van der Waals surface area contributed by atoms with E-state index in [1.807, 2.05) is 0 Å². The van der Waals surface area contributed by atoms with Gasteiger partial charge in [0.15, 0.2) is 0 Å². The number of carboxylic acids is 1. The fourth-order valence-corrected chi connectivity index (χ4v) is 3.28.